The number of nitrogens with one attached hydrogen (secondary N) is 4. The predicted octanol–water partition coefficient (Wildman–Crippen LogP) is 3.56. The Kier molecular flexibility index (Phi) is 15.3. The molecule has 5 heterocycles. The van der Waals surface area contributed by atoms with Gasteiger partial charge in [0.15, 0.2) is 5.69 Å². The number of alkyl halides is 3. The summed E-state index contributed by atoms with van der Waals surface area (Å²) in [5.41, 5.74) is 0.823. The maximum Gasteiger partial charge on any atom is 0.421 e. The first kappa shape index (κ1) is 49.6. The van der Waals surface area contributed by atoms with E-state index in [-0.39, 0.29) is 93.4 Å². The number of rotatable bonds is 21. The van der Waals surface area contributed by atoms with Crippen LogP contribution in [0.25, 0.3) is 0 Å². The van der Waals surface area contributed by atoms with Gasteiger partial charge in [-0.2, -0.15) is 18.2 Å². The van der Waals surface area contributed by atoms with Gasteiger partial charge in [0.25, 0.3) is 17.7 Å². The Balaban J connectivity index is 0.821. The average molecular weight is 980 g/mol. The summed E-state index contributed by atoms with van der Waals surface area (Å²) in [5.74, 6) is -2.54. The van der Waals surface area contributed by atoms with Crippen molar-refractivity contribution in [3.05, 3.63) is 101 Å². The van der Waals surface area contributed by atoms with Crippen molar-refractivity contribution in [2.24, 2.45) is 0 Å². The van der Waals surface area contributed by atoms with Crippen molar-refractivity contribution >= 4 is 68.3 Å². The van der Waals surface area contributed by atoms with Crippen LogP contribution in [0.5, 0.6) is 0 Å². The van der Waals surface area contributed by atoms with Crippen LogP contribution in [0.15, 0.2) is 73.2 Å². The minimum absolute atomic E-state index is 0.0293. The van der Waals surface area contributed by atoms with E-state index in [1.165, 1.54) is 41.2 Å². The van der Waals surface area contributed by atoms with Gasteiger partial charge in [-0.1, -0.05) is 17.3 Å². The summed E-state index contributed by atoms with van der Waals surface area (Å²) in [6.07, 6.45) is -1.40. The first-order chi connectivity index (χ1) is 32.9. The molecular formula is C43H48F3N13O9S. The molecule has 2 aliphatic heterocycles. The SMILES string of the molecule is CCN1C(=O)CCC(N2C(=O)c3cccc(NCCOCCOCCn4cc(C(=O)Nc5ccc(Nc6ncc(C(F)(F)F)c(NCc7cccnc7N(C)S(C)(=O)=O)n6)cc5)nn4)c3C2=O)C1O. The summed E-state index contributed by atoms with van der Waals surface area (Å²) >= 11 is 0. The van der Waals surface area contributed by atoms with Gasteiger partial charge in [-0.15, -0.1) is 5.10 Å². The summed E-state index contributed by atoms with van der Waals surface area (Å²) in [7, 11) is -2.43. The largest absolute Gasteiger partial charge is 0.421 e. The van der Waals surface area contributed by atoms with E-state index in [0.717, 1.165) is 15.5 Å². The number of pyridine rings is 1. The van der Waals surface area contributed by atoms with E-state index < -0.39 is 57.6 Å². The van der Waals surface area contributed by atoms with E-state index in [2.05, 4.69) is 46.5 Å². The quantitative estimate of drug-likeness (QED) is 0.0520. The molecule has 2 unspecified atom stereocenters. The van der Waals surface area contributed by atoms with E-state index >= 15 is 0 Å². The first-order valence-electron chi connectivity index (χ1n) is 21.5. The average Bonchev–Trinajstić information content (AvgIpc) is 3.89. The van der Waals surface area contributed by atoms with E-state index in [1.54, 1.807) is 49.4 Å². The van der Waals surface area contributed by atoms with Crippen molar-refractivity contribution in [2.75, 3.05) is 78.4 Å². The highest BCUT2D eigenvalue weighted by molar-refractivity contribution is 7.92. The third-order valence-electron chi connectivity index (χ3n) is 11.0. The molecule has 0 aliphatic carbocycles. The van der Waals surface area contributed by atoms with Crippen molar-refractivity contribution in [1.82, 2.24) is 39.7 Å². The third kappa shape index (κ3) is 11.7. The fourth-order valence-corrected chi connectivity index (χ4v) is 7.96. The molecule has 3 aromatic heterocycles. The highest BCUT2D eigenvalue weighted by Crippen LogP contribution is 2.36. The van der Waals surface area contributed by atoms with Gasteiger partial charge in [0.05, 0.1) is 62.6 Å². The number of ether oxygens (including phenoxy) is 2. The third-order valence-corrected chi connectivity index (χ3v) is 12.2. The zero-order chi connectivity index (χ0) is 49.5. The number of aromatic nitrogens is 6. The number of piperidine rings is 1. The minimum Gasteiger partial charge on any atom is -0.382 e. The molecule has 0 saturated carbocycles. The smallest absolute Gasteiger partial charge is 0.382 e. The molecule has 366 valence electrons. The van der Waals surface area contributed by atoms with E-state index in [1.807, 2.05) is 0 Å². The highest BCUT2D eigenvalue weighted by atomic mass is 32.2. The number of carbonyl (C=O) groups is 4. The van der Waals surface area contributed by atoms with Crippen LogP contribution in [-0.4, -0.2) is 142 Å². The molecule has 2 aliphatic rings. The molecular weight excluding hydrogens is 932 g/mol. The lowest BCUT2D eigenvalue weighted by atomic mass is 10.0. The second-order valence-corrected chi connectivity index (χ2v) is 17.6. The second kappa shape index (κ2) is 21.3. The Bertz CT molecular complexity index is 2800. The van der Waals surface area contributed by atoms with Crippen LogP contribution in [0.4, 0.5) is 47.8 Å². The van der Waals surface area contributed by atoms with Crippen molar-refractivity contribution in [3.63, 3.8) is 0 Å². The van der Waals surface area contributed by atoms with Crippen LogP contribution in [-0.2, 0) is 43.6 Å². The number of hydrogen-bond donors (Lipinski definition) is 5. The second-order valence-electron chi connectivity index (χ2n) is 15.6. The monoisotopic (exact) mass is 979 g/mol. The molecule has 2 atom stereocenters. The molecule has 1 saturated heterocycles. The number of amides is 4. The maximum absolute atomic E-state index is 13.9. The van der Waals surface area contributed by atoms with Crippen molar-refractivity contribution in [3.8, 4) is 0 Å². The molecule has 69 heavy (non-hydrogen) atoms. The molecule has 0 spiro atoms. The number of hydrogen-bond acceptors (Lipinski definition) is 17. The topological polar surface area (TPSA) is 268 Å². The molecule has 7 rings (SSSR count). The number of fused-ring (bicyclic) bond motifs is 1. The molecule has 5 aromatic rings. The Morgan fingerprint density at radius 1 is 0.957 bits per heavy atom. The number of nitrogens with zero attached hydrogens (tertiary/aromatic N) is 9. The van der Waals surface area contributed by atoms with Crippen LogP contribution in [0, 0.1) is 0 Å². The minimum atomic E-state index is -4.81. The number of halogens is 3. The molecule has 1 fully saturated rings. The fourth-order valence-electron chi connectivity index (χ4n) is 7.48. The Morgan fingerprint density at radius 2 is 1.70 bits per heavy atom. The zero-order valence-corrected chi connectivity index (χ0v) is 38.3. The lowest BCUT2D eigenvalue weighted by Gasteiger charge is -2.40. The van der Waals surface area contributed by atoms with Crippen molar-refractivity contribution in [1.29, 1.82) is 0 Å². The van der Waals surface area contributed by atoms with Crippen LogP contribution < -0.4 is 25.6 Å². The number of aliphatic hydroxyl groups is 1. The molecule has 5 N–H and O–H groups in total. The van der Waals surface area contributed by atoms with Crippen LogP contribution in [0.3, 0.4) is 0 Å². The first-order valence-corrected chi connectivity index (χ1v) is 23.3. The summed E-state index contributed by atoms with van der Waals surface area (Å²) in [6.45, 7) is 3.32. The zero-order valence-electron chi connectivity index (χ0n) is 37.4. The van der Waals surface area contributed by atoms with E-state index in [9.17, 15) is 45.9 Å². The molecule has 4 amide bonds. The van der Waals surface area contributed by atoms with Gasteiger partial charge >= 0.3 is 6.18 Å². The van der Waals surface area contributed by atoms with Gasteiger partial charge in [0.2, 0.25) is 21.9 Å². The Hall–Kier alpha value is -7.29. The van der Waals surface area contributed by atoms with Crippen molar-refractivity contribution in [2.45, 2.75) is 51.3 Å². The van der Waals surface area contributed by atoms with Gasteiger partial charge in [-0.05, 0) is 55.8 Å². The molecule has 22 nitrogen and oxygen atoms in total. The van der Waals surface area contributed by atoms with Crippen LogP contribution in [0.1, 0.15) is 62.1 Å². The number of aliphatic hydroxyl groups excluding tert-OH is 1. The maximum atomic E-state index is 13.9. The van der Waals surface area contributed by atoms with E-state index in [0.29, 0.717) is 35.4 Å². The number of likely N-dealkylation sites (tertiary alicyclic amines) is 1. The number of imide groups is 1. The normalized spacial score (nSPS) is 16.1. The number of anilines is 6. The lowest BCUT2D eigenvalue weighted by Crippen LogP contribution is -2.58. The van der Waals surface area contributed by atoms with Gasteiger partial charge in [-0.25, -0.2) is 23.1 Å². The summed E-state index contributed by atoms with van der Waals surface area (Å²) in [4.78, 5) is 66.2. The van der Waals surface area contributed by atoms with Crippen molar-refractivity contribution < 1.29 is 55.3 Å². The van der Waals surface area contributed by atoms with Crippen LogP contribution >= 0.6 is 0 Å². The standard InChI is InChI=1S/C43H48F3N13O9S/c1-4-58-34(60)15-14-33(40(58)63)59-39(62)29-8-5-9-31(35(29)41(59)64)47-17-19-67-21-22-68-20-18-57-25-32(54-55-57)38(61)51-27-10-12-28(13-11-27)52-42-50-24-30(43(44,45)46)36(53-42)49-23-26-7-6-16-48-37(26)56(2)69(3,65)66/h5-13,16,24-25,33,40,47,63H,4,14-15,17-23H2,1-3H3,(H,51,61)(H2,49,50,52,53). The summed E-state index contributed by atoms with van der Waals surface area (Å²) < 4.78 is 79.6. The van der Waals surface area contributed by atoms with E-state index in [4.69, 9.17) is 9.47 Å². The molecule has 0 bridgehead atoms. The number of carbonyl (C=O) groups excluding carboxylic acids is 4. The lowest BCUT2D eigenvalue weighted by molar-refractivity contribution is -0.152. The predicted molar refractivity (Wildman–Crippen MR) is 243 cm³/mol. The molecule has 2 aromatic carbocycles. The van der Waals surface area contributed by atoms with Gasteiger partial charge in [-0.3, -0.25) is 28.4 Å². The summed E-state index contributed by atoms with van der Waals surface area (Å²) in [6, 6.07) is 13.3. The number of sulfonamides is 1. The fraction of sp³-hybridized carbons (Fsp3) is 0.372. The highest BCUT2D eigenvalue weighted by Gasteiger charge is 2.47. The molecule has 26 heteroatoms. The van der Waals surface area contributed by atoms with Gasteiger partial charge < -0.3 is 40.7 Å². The summed E-state index contributed by atoms with van der Waals surface area (Å²) in [5, 5.41) is 30.0. The van der Waals surface area contributed by atoms with Crippen LogP contribution in [0.2, 0.25) is 0 Å². The number of benzene rings is 2. The Morgan fingerprint density at radius 3 is 2.42 bits per heavy atom. The van der Waals surface area contributed by atoms with Gasteiger partial charge in [0.1, 0.15) is 23.4 Å². The number of likely N-dealkylation sites (N-methyl/N-ethyl adjacent to an activating group) is 1. The van der Waals surface area contributed by atoms with Gasteiger partial charge in [0, 0.05) is 68.1 Å². The Labute approximate surface area is 393 Å². The molecule has 0 radical (unpaired) electrons.